The maximum Gasteiger partial charge on any atom is 0.270 e. The predicted octanol–water partition coefficient (Wildman–Crippen LogP) is 1.86. The second kappa shape index (κ2) is 5.79. The molecule has 1 heterocycles. The van der Waals surface area contributed by atoms with E-state index in [0.29, 0.717) is 5.56 Å². The molecule has 1 aromatic carbocycles. The van der Waals surface area contributed by atoms with Crippen molar-refractivity contribution < 1.29 is 14.3 Å². The van der Waals surface area contributed by atoms with E-state index in [1.807, 2.05) is 6.07 Å². The zero-order valence-corrected chi connectivity index (χ0v) is 11.0. The quantitative estimate of drug-likeness (QED) is 0.836. The number of hydrogen-bond acceptors (Lipinski definition) is 3. The van der Waals surface area contributed by atoms with Crippen molar-refractivity contribution in [3.8, 4) is 0 Å². The fourth-order valence-corrected chi connectivity index (χ4v) is 1.78. The lowest BCUT2D eigenvalue weighted by atomic mass is 9.96. The number of halogens is 1. The van der Waals surface area contributed by atoms with Crippen molar-refractivity contribution in [1.82, 2.24) is 10.3 Å². The summed E-state index contributed by atoms with van der Waals surface area (Å²) in [5.74, 6) is -1.24. The number of hydrogen-bond donors (Lipinski definition) is 2. The number of nitrogens with one attached hydrogen (secondary N) is 1. The van der Waals surface area contributed by atoms with E-state index in [1.54, 1.807) is 31.2 Å². The minimum atomic E-state index is -1.20. The molecule has 2 aromatic rings. The van der Waals surface area contributed by atoms with E-state index >= 15 is 0 Å². The van der Waals surface area contributed by atoms with Crippen LogP contribution in [-0.2, 0) is 5.60 Å². The lowest BCUT2D eigenvalue weighted by Gasteiger charge is -2.24. The van der Waals surface area contributed by atoms with Crippen LogP contribution in [0.4, 0.5) is 4.39 Å². The molecule has 1 unspecified atom stereocenters. The fraction of sp³-hybridized carbons (Fsp3) is 0.200. The molecule has 0 spiro atoms. The Morgan fingerprint density at radius 2 is 1.95 bits per heavy atom. The van der Waals surface area contributed by atoms with Gasteiger partial charge in [-0.15, -0.1) is 0 Å². The Hall–Kier alpha value is -2.27. The van der Waals surface area contributed by atoms with Gasteiger partial charge in [0.05, 0.1) is 6.54 Å². The first-order chi connectivity index (χ1) is 9.49. The van der Waals surface area contributed by atoms with Crippen molar-refractivity contribution in [2.24, 2.45) is 0 Å². The second-order valence-electron chi connectivity index (χ2n) is 4.67. The molecule has 5 heteroatoms. The van der Waals surface area contributed by atoms with Crippen LogP contribution in [0.25, 0.3) is 0 Å². The molecule has 0 aliphatic rings. The van der Waals surface area contributed by atoms with Crippen LogP contribution in [0.1, 0.15) is 23.0 Å². The molecule has 0 saturated heterocycles. The zero-order chi connectivity index (χ0) is 14.6. The lowest BCUT2D eigenvalue weighted by molar-refractivity contribution is 0.0525. The number of pyridine rings is 1. The highest BCUT2D eigenvalue weighted by molar-refractivity contribution is 5.92. The van der Waals surface area contributed by atoms with Crippen LogP contribution in [0.2, 0.25) is 0 Å². The Labute approximate surface area is 116 Å². The van der Waals surface area contributed by atoms with E-state index in [9.17, 15) is 14.3 Å². The molecule has 0 fully saturated rings. The first kappa shape index (κ1) is 14.1. The largest absolute Gasteiger partial charge is 0.384 e. The number of rotatable bonds is 4. The highest BCUT2D eigenvalue weighted by atomic mass is 19.1. The molecule has 2 rings (SSSR count). The number of carbonyl (C=O) groups is 1. The van der Waals surface area contributed by atoms with Gasteiger partial charge in [0.25, 0.3) is 5.91 Å². The van der Waals surface area contributed by atoms with Crippen molar-refractivity contribution in [2.75, 3.05) is 6.54 Å². The van der Waals surface area contributed by atoms with E-state index in [-0.39, 0.29) is 12.2 Å². The van der Waals surface area contributed by atoms with Gasteiger partial charge in [-0.3, -0.25) is 4.79 Å². The van der Waals surface area contributed by atoms with Crippen LogP contribution in [0, 0.1) is 5.95 Å². The molecule has 0 saturated carbocycles. The number of nitrogens with zero attached hydrogens (tertiary/aromatic N) is 1. The van der Waals surface area contributed by atoms with Gasteiger partial charge in [0, 0.05) is 0 Å². The monoisotopic (exact) mass is 274 g/mol. The number of aromatic nitrogens is 1. The second-order valence-corrected chi connectivity index (χ2v) is 4.67. The minimum absolute atomic E-state index is 0.00798. The van der Waals surface area contributed by atoms with Crippen molar-refractivity contribution in [3.05, 3.63) is 65.7 Å². The first-order valence-electron chi connectivity index (χ1n) is 6.18. The van der Waals surface area contributed by atoms with Crippen molar-refractivity contribution >= 4 is 5.91 Å². The lowest BCUT2D eigenvalue weighted by Crippen LogP contribution is -2.38. The van der Waals surface area contributed by atoms with E-state index in [2.05, 4.69) is 10.3 Å². The number of aliphatic hydroxyl groups is 1. The molecule has 0 aliphatic carbocycles. The molecule has 0 radical (unpaired) electrons. The molecule has 1 atom stereocenters. The van der Waals surface area contributed by atoms with Gasteiger partial charge in [0.2, 0.25) is 5.95 Å². The van der Waals surface area contributed by atoms with Gasteiger partial charge >= 0.3 is 0 Å². The third kappa shape index (κ3) is 3.39. The third-order valence-electron chi connectivity index (χ3n) is 2.94. The maximum atomic E-state index is 12.9. The SMILES string of the molecule is CC(O)(CNC(=O)c1cccc(F)n1)c1ccccc1. The highest BCUT2D eigenvalue weighted by Gasteiger charge is 2.23. The maximum absolute atomic E-state index is 12.9. The Balaban J connectivity index is 2.03. The third-order valence-corrected chi connectivity index (χ3v) is 2.94. The number of carbonyl (C=O) groups excluding carboxylic acids is 1. The first-order valence-corrected chi connectivity index (χ1v) is 6.18. The van der Waals surface area contributed by atoms with Gasteiger partial charge in [0.15, 0.2) is 0 Å². The van der Waals surface area contributed by atoms with Gasteiger partial charge in [-0.05, 0) is 24.6 Å². The van der Waals surface area contributed by atoms with Gasteiger partial charge in [0.1, 0.15) is 11.3 Å². The molecule has 104 valence electrons. The van der Waals surface area contributed by atoms with Gasteiger partial charge < -0.3 is 10.4 Å². The topological polar surface area (TPSA) is 62.2 Å². The summed E-state index contributed by atoms with van der Waals surface area (Å²) in [6.45, 7) is 1.61. The van der Waals surface area contributed by atoms with Gasteiger partial charge in [-0.25, -0.2) is 4.98 Å². The number of benzene rings is 1. The Morgan fingerprint density at radius 3 is 2.60 bits per heavy atom. The summed E-state index contributed by atoms with van der Waals surface area (Å²) < 4.78 is 12.9. The average Bonchev–Trinajstić information content (AvgIpc) is 2.46. The average molecular weight is 274 g/mol. The molecule has 1 aromatic heterocycles. The van der Waals surface area contributed by atoms with Crippen molar-refractivity contribution in [3.63, 3.8) is 0 Å². The Morgan fingerprint density at radius 1 is 1.25 bits per heavy atom. The van der Waals surface area contributed by atoms with Crippen LogP contribution < -0.4 is 5.32 Å². The van der Waals surface area contributed by atoms with E-state index in [4.69, 9.17) is 0 Å². The van der Waals surface area contributed by atoms with Crippen molar-refractivity contribution in [2.45, 2.75) is 12.5 Å². The van der Waals surface area contributed by atoms with Crippen LogP contribution in [0.15, 0.2) is 48.5 Å². The molecule has 4 nitrogen and oxygen atoms in total. The standard InChI is InChI=1S/C15H15FN2O2/c1-15(20,11-6-3-2-4-7-11)10-17-14(19)12-8-5-9-13(16)18-12/h2-9,20H,10H2,1H3,(H,17,19). The molecule has 0 bridgehead atoms. The predicted molar refractivity (Wildman–Crippen MR) is 72.5 cm³/mol. The molecule has 0 aliphatic heterocycles. The van der Waals surface area contributed by atoms with E-state index < -0.39 is 17.5 Å². The van der Waals surface area contributed by atoms with Crippen molar-refractivity contribution in [1.29, 1.82) is 0 Å². The van der Waals surface area contributed by atoms with Crippen LogP contribution in [-0.4, -0.2) is 22.5 Å². The number of amides is 1. The molecular weight excluding hydrogens is 259 g/mol. The highest BCUT2D eigenvalue weighted by Crippen LogP contribution is 2.18. The molecule has 20 heavy (non-hydrogen) atoms. The Bertz CT molecular complexity index is 600. The molecular formula is C15H15FN2O2. The van der Waals surface area contributed by atoms with E-state index in [1.165, 1.54) is 12.1 Å². The van der Waals surface area contributed by atoms with Gasteiger partial charge in [-0.2, -0.15) is 4.39 Å². The summed E-state index contributed by atoms with van der Waals surface area (Å²) in [7, 11) is 0. The summed E-state index contributed by atoms with van der Waals surface area (Å²) in [5.41, 5.74) is -0.536. The zero-order valence-electron chi connectivity index (χ0n) is 11.0. The van der Waals surface area contributed by atoms with E-state index in [0.717, 1.165) is 6.07 Å². The summed E-state index contributed by atoms with van der Waals surface area (Å²) in [6, 6.07) is 13.0. The summed E-state index contributed by atoms with van der Waals surface area (Å²) in [5, 5.41) is 12.9. The van der Waals surface area contributed by atoms with Crippen LogP contribution >= 0.6 is 0 Å². The molecule has 1 amide bonds. The molecule has 2 N–H and O–H groups in total. The summed E-state index contributed by atoms with van der Waals surface area (Å²) in [6.07, 6.45) is 0. The van der Waals surface area contributed by atoms with Crippen LogP contribution in [0.5, 0.6) is 0 Å². The summed E-state index contributed by atoms with van der Waals surface area (Å²) in [4.78, 5) is 15.3. The Kier molecular flexibility index (Phi) is 4.10. The minimum Gasteiger partial charge on any atom is -0.384 e. The summed E-state index contributed by atoms with van der Waals surface area (Å²) >= 11 is 0. The van der Waals surface area contributed by atoms with Gasteiger partial charge in [-0.1, -0.05) is 36.4 Å². The fourth-order valence-electron chi connectivity index (χ4n) is 1.78. The smallest absolute Gasteiger partial charge is 0.270 e. The normalized spacial score (nSPS) is 13.6. The van der Waals surface area contributed by atoms with Crippen LogP contribution in [0.3, 0.4) is 0 Å².